The van der Waals surface area contributed by atoms with Crippen molar-refractivity contribution < 1.29 is 23.8 Å². The third-order valence-corrected chi connectivity index (χ3v) is 12.1. The van der Waals surface area contributed by atoms with Crippen LogP contribution in [0.4, 0.5) is 16.2 Å². The van der Waals surface area contributed by atoms with Gasteiger partial charge in [-0.05, 0) is 105 Å². The molecule has 318 valence electrons. The van der Waals surface area contributed by atoms with Crippen molar-refractivity contribution in [3.63, 3.8) is 0 Å². The average molecular weight is 883 g/mol. The maximum absolute atomic E-state index is 15.2. The molecule has 0 bridgehead atoms. The van der Waals surface area contributed by atoms with Crippen LogP contribution in [0.2, 0.25) is 15.1 Å². The zero-order valence-corrected chi connectivity index (χ0v) is 37.2. The number of fused-ring (bicyclic) bond motifs is 2. The minimum absolute atomic E-state index is 0.0427. The van der Waals surface area contributed by atoms with Crippen LogP contribution in [0, 0.1) is 5.92 Å². The lowest BCUT2D eigenvalue weighted by Gasteiger charge is -2.39. The zero-order chi connectivity index (χ0) is 43.0. The molecule has 0 aliphatic carbocycles. The molecule has 61 heavy (non-hydrogen) atoms. The van der Waals surface area contributed by atoms with Gasteiger partial charge in [-0.3, -0.25) is 4.79 Å². The van der Waals surface area contributed by atoms with Crippen LogP contribution < -0.4 is 20.3 Å². The number of nitrogens with zero attached hydrogens (tertiary/aromatic N) is 2. The Hall–Kier alpha value is -5.13. The molecule has 1 saturated heterocycles. The van der Waals surface area contributed by atoms with Crippen LogP contribution in [0.1, 0.15) is 85.7 Å². The minimum Gasteiger partial charge on any atom is -0.491 e. The number of allylic oxidation sites excluding steroid dienone is 2. The second-order valence-corrected chi connectivity index (χ2v) is 18.1. The van der Waals surface area contributed by atoms with E-state index in [2.05, 4.69) is 56.7 Å². The molecule has 4 heterocycles. The molecule has 3 N–H and O–H groups in total. The fourth-order valence-electron chi connectivity index (χ4n) is 8.75. The van der Waals surface area contributed by atoms with Crippen LogP contribution >= 0.6 is 34.8 Å². The number of anilines is 2. The topological polar surface area (TPSA) is 108 Å². The summed E-state index contributed by atoms with van der Waals surface area (Å²) >= 11 is 20.4. The first-order chi connectivity index (χ1) is 29.3. The van der Waals surface area contributed by atoms with Gasteiger partial charge in [-0.25, -0.2) is 4.79 Å². The molecular weight excluding hydrogens is 833 g/mol. The van der Waals surface area contributed by atoms with Gasteiger partial charge < -0.3 is 39.6 Å². The van der Waals surface area contributed by atoms with E-state index >= 15 is 4.79 Å². The highest BCUT2D eigenvalue weighted by Crippen LogP contribution is 2.54. The van der Waals surface area contributed by atoms with Crippen molar-refractivity contribution in [3.8, 4) is 5.75 Å². The van der Waals surface area contributed by atoms with E-state index in [9.17, 15) is 4.79 Å². The number of methoxy groups -OCH3 is 1. The SMILES string of the molecule is COCCOc1ccc(N2CCC(NC(=O)OC(C)(C)C)CC2)c(NC(=O)c2[nH]c3cc(Cl)cc4c3c2C2=C(c3ccccc3)C(C)CC=CN2C4c2ccc(Cl)cc2Cl)c1. The number of H-pyrrole nitrogens is 1. The number of amides is 2. The molecule has 5 aromatic rings. The number of piperidine rings is 1. The minimum atomic E-state index is -0.586. The number of hydrogen-bond donors (Lipinski definition) is 3. The highest BCUT2D eigenvalue weighted by Gasteiger charge is 2.40. The third-order valence-electron chi connectivity index (χ3n) is 11.4. The van der Waals surface area contributed by atoms with Crippen molar-refractivity contribution in [2.75, 3.05) is 43.6 Å². The van der Waals surface area contributed by atoms with E-state index in [-0.39, 0.29) is 23.9 Å². The number of nitrogens with one attached hydrogen (secondary N) is 3. The van der Waals surface area contributed by atoms with Crippen molar-refractivity contribution in [2.45, 2.75) is 64.6 Å². The largest absolute Gasteiger partial charge is 0.491 e. The summed E-state index contributed by atoms with van der Waals surface area (Å²) in [6.07, 6.45) is 6.05. The van der Waals surface area contributed by atoms with E-state index in [1.165, 1.54) is 0 Å². The van der Waals surface area contributed by atoms with Gasteiger partial charge >= 0.3 is 6.09 Å². The van der Waals surface area contributed by atoms with Gasteiger partial charge in [0.2, 0.25) is 0 Å². The number of aromatic nitrogens is 1. The van der Waals surface area contributed by atoms with Gasteiger partial charge in [-0.15, -0.1) is 0 Å². The van der Waals surface area contributed by atoms with E-state index in [0.29, 0.717) is 71.3 Å². The molecule has 0 radical (unpaired) electrons. The first kappa shape index (κ1) is 42.6. The molecule has 3 aliphatic heterocycles. The first-order valence-corrected chi connectivity index (χ1v) is 21.8. The Bertz CT molecular complexity index is 2520. The predicted molar refractivity (Wildman–Crippen MR) is 246 cm³/mol. The summed E-state index contributed by atoms with van der Waals surface area (Å²) in [5.74, 6) is 0.360. The summed E-state index contributed by atoms with van der Waals surface area (Å²) in [4.78, 5) is 35.8. The summed E-state index contributed by atoms with van der Waals surface area (Å²) in [7, 11) is 1.63. The molecule has 1 fully saturated rings. The summed E-state index contributed by atoms with van der Waals surface area (Å²) in [6.45, 7) is 9.83. The molecule has 2 atom stereocenters. The maximum atomic E-state index is 15.2. The fourth-order valence-corrected chi connectivity index (χ4v) is 9.49. The van der Waals surface area contributed by atoms with Crippen molar-refractivity contribution in [3.05, 3.63) is 134 Å². The third kappa shape index (κ3) is 8.96. The number of alkyl carbamates (subject to hydrolysis) is 1. The van der Waals surface area contributed by atoms with Gasteiger partial charge in [0.15, 0.2) is 0 Å². The standard InChI is InChI=1S/C48H50Cl3N5O5/c1-28-10-9-19-56-44(34-15-13-30(49)25-36(34)51)35-24-31(50)26-38-41(35)42(45(56)40(28)29-11-7-6-8-12-29)43(53-38)46(57)54-37-27-33(60-23-22-59-5)14-16-39(37)55-20-17-32(18-21-55)52-47(58)61-48(2,3)4/h6-9,11-16,19,24-28,32,44,53H,10,17-18,20-23H2,1-5H3,(H,52,58)(H,54,57). The van der Waals surface area contributed by atoms with E-state index in [0.717, 1.165) is 56.5 Å². The summed E-state index contributed by atoms with van der Waals surface area (Å²) in [5, 5.41) is 8.82. The summed E-state index contributed by atoms with van der Waals surface area (Å²) < 4.78 is 16.8. The van der Waals surface area contributed by atoms with E-state index < -0.39 is 11.7 Å². The smallest absolute Gasteiger partial charge is 0.407 e. The Labute approximate surface area is 371 Å². The molecule has 2 amide bonds. The normalized spacial score (nSPS) is 17.9. The number of hydrogen-bond acceptors (Lipinski definition) is 7. The molecule has 2 unspecified atom stereocenters. The average Bonchev–Trinajstić information content (AvgIpc) is 3.50. The summed E-state index contributed by atoms with van der Waals surface area (Å²) in [6, 6.07) is 25.1. The predicted octanol–water partition coefficient (Wildman–Crippen LogP) is 11.7. The van der Waals surface area contributed by atoms with Gasteiger partial charge in [-0.2, -0.15) is 0 Å². The number of aromatic amines is 1. The van der Waals surface area contributed by atoms with Crippen molar-refractivity contribution in [2.24, 2.45) is 5.92 Å². The van der Waals surface area contributed by atoms with Gasteiger partial charge in [0, 0.05) is 70.0 Å². The highest BCUT2D eigenvalue weighted by atomic mass is 35.5. The van der Waals surface area contributed by atoms with Crippen LogP contribution in [0.3, 0.4) is 0 Å². The number of carbonyl (C=O) groups is 2. The van der Waals surface area contributed by atoms with Crippen LogP contribution in [-0.4, -0.2) is 66.9 Å². The lowest BCUT2D eigenvalue weighted by atomic mass is 9.82. The van der Waals surface area contributed by atoms with Crippen molar-refractivity contribution in [1.29, 1.82) is 0 Å². The van der Waals surface area contributed by atoms with Crippen LogP contribution in [-0.2, 0) is 9.47 Å². The number of halogens is 3. The number of benzene rings is 4. The Morgan fingerprint density at radius 2 is 1.67 bits per heavy atom. The second-order valence-electron chi connectivity index (χ2n) is 16.8. The number of rotatable bonds is 10. The molecular formula is C48H50Cl3N5O5. The van der Waals surface area contributed by atoms with Crippen molar-refractivity contribution in [1.82, 2.24) is 15.2 Å². The van der Waals surface area contributed by atoms with Crippen LogP contribution in [0.25, 0.3) is 22.2 Å². The number of carbonyl (C=O) groups excluding carboxylic acids is 2. The monoisotopic (exact) mass is 881 g/mol. The Morgan fingerprint density at radius 3 is 2.39 bits per heavy atom. The van der Waals surface area contributed by atoms with E-state index in [1.807, 2.05) is 81.4 Å². The molecule has 4 aromatic carbocycles. The Balaban J connectivity index is 1.24. The zero-order valence-electron chi connectivity index (χ0n) is 34.9. The molecule has 0 spiro atoms. The van der Waals surface area contributed by atoms with Gasteiger partial charge in [0.05, 0.1) is 29.7 Å². The van der Waals surface area contributed by atoms with Gasteiger partial charge in [-0.1, -0.05) is 84.2 Å². The lowest BCUT2D eigenvalue weighted by Crippen LogP contribution is -2.46. The van der Waals surface area contributed by atoms with E-state index in [4.69, 9.17) is 49.0 Å². The van der Waals surface area contributed by atoms with Crippen molar-refractivity contribution >= 4 is 80.4 Å². The highest BCUT2D eigenvalue weighted by molar-refractivity contribution is 6.35. The van der Waals surface area contributed by atoms with Gasteiger partial charge in [0.25, 0.3) is 5.91 Å². The molecule has 8 rings (SSSR count). The Kier molecular flexibility index (Phi) is 12.3. The maximum Gasteiger partial charge on any atom is 0.407 e. The quantitative estimate of drug-likeness (QED) is 0.120. The Morgan fingerprint density at radius 1 is 0.902 bits per heavy atom. The van der Waals surface area contributed by atoms with Crippen LogP contribution in [0.5, 0.6) is 5.75 Å². The fraction of sp³-hybridized carbons (Fsp3) is 0.333. The lowest BCUT2D eigenvalue weighted by molar-refractivity contribution is 0.0497. The van der Waals surface area contributed by atoms with E-state index in [1.54, 1.807) is 13.2 Å². The van der Waals surface area contributed by atoms with Crippen LogP contribution in [0.15, 0.2) is 91.1 Å². The summed E-state index contributed by atoms with van der Waals surface area (Å²) in [5.41, 5.74) is 7.59. The van der Waals surface area contributed by atoms with Gasteiger partial charge in [0.1, 0.15) is 23.7 Å². The first-order valence-electron chi connectivity index (χ1n) is 20.7. The second kappa shape index (κ2) is 17.7. The molecule has 13 heteroatoms. The molecule has 10 nitrogen and oxygen atoms in total. The molecule has 3 aliphatic rings. The molecule has 1 aromatic heterocycles. The molecule has 0 saturated carbocycles. The number of ether oxygens (including phenoxy) is 3.